The molecule has 148 valence electrons. The van der Waals surface area contributed by atoms with E-state index in [1.807, 2.05) is 5.32 Å². The summed E-state index contributed by atoms with van der Waals surface area (Å²) in [4.78, 5) is 34.0. The van der Waals surface area contributed by atoms with Crippen molar-refractivity contribution in [1.29, 1.82) is 0 Å². The van der Waals surface area contributed by atoms with Gasteiger partial charge < -0.3 is 10.1 Å². The maximum Gasteiger partial charge on any atom is 0.418 e. The van der Waals surface area contributed by atoms with E-state index in [-0.39, 0.29) is 10.0 Å². The van der Waals surface area contributed by atoms with Gasteiger partial charge in [-0.2, -0.15) is 13.2 Å². The predicted octanol–water partition coefficient (Wildman–Crippen LogP) is 4.72. The molecule has 0 fully saturated rings. The fraction of sp³-hybridized carbons (Fsp3) is 0.125. The SMILES string of the molecule is O=C(COC(=O)c1ccc(Cl)cc1[N+](=O)[O-])Nc1c(Cl)cccc1C(F)(F)F. The van der Waals surface area contributed by atoms with Gasteiger partial charge in [0.1, 0.15) is 5.56 Å². The van der Waals surface area contributed by atoms with Crippen molar-refractivity contribution in [2.75, 3.05) is 11.9 Å². The molecule has 0 aliphatic heterocycles. The summed E-state index contributed by atoms with van der Waals surface area (Å²) in [5, 5.41) is 12.5. The van der Waals surface area contributed by atoms with E-state index in [2.05, 4.69) is 4.74 Å². The number of benzene rings is 2. The maximum absolute atomic E-state index is 13.0. The number of alkyl halides is 3. The second-order valence-corrected chi connectivity index (χ2v) is 6.05. The van der Waals surface area contributed by atoms with Crippen LogP contribution in [-0.4, -0.2) is 23.4 Å². The summed E-state index contributed by atoms with van der Waals surface area (Å²) in [5.41, 5.74) is -3.01. The Morgan fingerprint density at radius 1 is 1.18 bits per heavy atom. The molecule has 1 amide bonds. The molecule has 0 saturated heterocycles. The molecule has 0 radical (unpaired) electrons. The van der Waals surface area contributed by atoms with Gasteiger partial charge >= 0.3 is 12.1 Å². The molecule has 0 unspecified atom stereocenters. The molecule has 7 nitrogen and oxygen atoms in total. The van der Waals surface area contributed by atoms with Gasteiger partial charge in [0, 0.05) is 11.1 Å². The van der Waals surface area contributed by atoms with Crippen LogP contribution in [0.15, 0.2) is 36.4 Å². The van der Waals surface area contributed by atoms with Gasteiger partial charge in [-0.1, -0.05) is 29.3 Å². The van der Waals surface area contributed by atoms with Crippen LogP contribution in [0.4, 0.5) is 24.5 Å². The van der Waals surface area contributed by atoms with Crippen molar-refractivity contribution in [1.82, 2.24) is 0 Å². The molecule has 12 heteroatoms. The Morgan fingerprint density at radius 3 is 2.46 bits per heavy atom. The topological polar surface area (TPSA) is 98.5 Å². The lowest BCUT2D eigenvalue weighted by molar-refractivity contribution is -0.385. The van der Waals surface area contributed by atoms with E-state index in [0.717, 1.165) is 24.3 Å². The lowest BCUT2D eigenvalue weighted by Crippen LogP contribution is -2.23. The molecule has 0 bridgehead atoms. The summed E-state index contributed by atoms with van der Waals surface area (Å²) < 4.78 is 43.6. The van der Waals surface area contributed by atoms with E-state index in [1.165, 1.54) is 6.07 Å². The molecule has 0 heterocycles. The highest BCUT2D eigenvalue weighted by atomic mass is 35.5. The van der Waals surface area contributed by atoms with E-state index >= 15 is 0 Å². The zero-order chi connectivity index (χ0) is 21.1. The van der Waals surface area contributed by atoms with E-state index in [9.17, 15) is 32.9 Å². The van der Waals surface area contributed by atoms with Crippen LogP contribution in [0.1, 0.15) is 15.9 Å². The van der Waals surface area contributed by atoms with Gasteiger partial charge in [-0.25, -0.2) is 4.79 Å². The normalized spacial score (nSPS) is 11.0. The fourth-order valence-corrected chi connectivity index (χ4v) is 2.49. The summed E-state index contributed by atoms with van der Waals surface area (Å²) in [6.07, 6.45) is -4.78. The van der Waals surface area contributed by atoms with Crippen molar-refractivity contribution in [3.8, 4) is 0 Å². The number of esters is 1. The second-order valence-electron chi connectivity index (χ2n) is 5.20. The van der Waals surface area contributed by atoms with Crippen LogP contribution in [0, 0.1) is 10.1 Å². The second kappa shape index (κ2) is 8.44. The molecule has 2 aromatic rings. The van der Waals surface area contributed by atoms with Gasteiger partial charge in [-0.15, -0.1) is 0 Å². The standard InChI is InChI=1S/C16H9Cl2F3N2O5/c17-8-4-5-9(12(6-8)23(26)27)15(25)28-7-13(24)22-14-10(16(19,20)21)2-1-3-11(14)18/h1-6H,7H2,(H,22,24). The molecule has 2 rings (SSSR count). The number of hydrogen-bond acceptors (Lipinski definition) is 5. The highest BCUT2D eigenvalue weighted by Gasteiger charge is 2.35. The van der Waals surface area contributed by atoms with Crippen molar-refractivity contribution in [2.45, 2.75) is 6.18 Å². The Morgan fingerprint density at radius 2 is 1.86 bits per heavy atom. The number of ether oxygens (including phenoxy) is 1. The Kier molecular flexibility index (Phi) is 6.47. The quantitative estimate of drug-likeness (QED) is 0.415. The number of nitrogens with one attached hydrogen (secondary N) is 1. The monoisotopic (exact) mass is 436 g/mol. The zero-order valence-electron chi connectivity index (χ0n) is 13.5. The molecule has 0 atom stereocenters. The number of carbonyl (C=O) groups is 2. The number of anilines is 1. The summed E-state index contributed by atoms with van der Waals surface area (Å²) in [5.74, 6) is -2.35. The average molecular weight is 437 g/mol. The minimum absolute atomic E-state index is 0.000562. The summed E-state index contributed by atoms with van der Waals surface area (Å²) in [6.45, 7) is -0.999. The number of rotatable bonds is 5. The largest absolute Gasteiger partial charge is 0.452 e. The average Bonchev–Trinajstić information content (AvgIpc) is 2.60. The molecule has 0 aliphatic carbocycles. The lowest BCUT2D eigenvalue weighted by atomic mass is 10.1. The molecular weight excluding hydrogens is 428 g/mol. The third kappa shape index (κ3) is 5.11. The number of hydrogen-bond donors (Lipinski definition) is 1. The third-order valence-corrected chi connectivity index (χ3v) is 3.84. The minimum Gasteiger partial charge on any atom is -0.452 e. The van der Waals surface area contributed by atoms with Crippen LogP contribution >= 0.6 is 23.2 Å². The van der Waals surface area contributed by atoms with Crippen molar-refractivity contribution in [3.05, 3.63) is 67.7 Å². The van der Waals surface area contributed by atoms with Gasteiger partial charge in [-0.05, 0) is 24.3 Å². The Balaban J connectivity index is 2.13. The number of halogens is 5. The number of amides is 1. The first-order valence-corrected chi connectivity index (χ1v) is 8.03. The molecule has 0 aromatic heterocycles. The first kappa shape index (κ1) is 21.5. The van der Waals surface area contributed by atoms with Crippen LogP contribution in [0.3, 0.4) is 0 Å². The number of nitrogens with zero attached hydrogens (tertiary/aromatic N) is 1. The van der Waals surface area contributed by atoms with E-state index < -0.39 is 52.1 Å². The van der Waals surface area contributed by atoms with Crippen LogP contribution in [0.5, 0.6) is 0 Å². The molecular formula is C16H9Cl2F3N2O5. The predicted molar refractivity (Wildman–Crippen MR) is 93.5 cm³/mol. The van der Waals surface area contributed by atoms with Crippen LogP contribution < -0.4 is 5.32 Å². The number of nitro groups is 1. The zero-order valence-corrected chi connectivity index (χ0v) is 15.1. The number of carbonyl (C=O) groups excluding carboxylic acids is 2. The fourth-order valence-electron chi connectivity index (χ4n) is 2.10. The smallest absolute Gasteiger partial charge is 0.418 e. The van der Waals surface area contributed by atoms with E-state index in [1.54, 1.807) is 0 Å². The molecule has 0 aliphatic rings. The van der Waals surface area contributed by atoms with Crippen LogP contribution in [0.25, 0.3) is 0 Å². The lowest BCUT2D eigenvalue weighted by Gasteiger charge is -2.15. The number of nitro benzene ring substituents is 1. The highest BCUT2D eigenvalue weighted by molar-refractivity contribution is 6.34. The highest BCUT2D eigenvalue weighted by Crippen LogP contribution is 2.38. The minimum atomic E-state index is -4.78. The van der Waals surface area contributed by atoms with E-state index in [4.69, 9.17) is 23.2 Å². The van der Waals surface area contributed by atoms with E-state index in [0.29, 0.717) is 6.07 Å². The summed E-state index contributed by atoms with van der Waals surface area (Å²) in [6, 6.07) is 6.04. The molecule has 0 saturated carbocycles. The molecule has 1 N–H and O–H groups in total. The molecule has 28 heavy (non-hydrogen) atoms. The van der Waals surface area contributed by atoms with Gasteiger partial charge in [0.25, 0.3) is 11.6 Å². The van der Waals surface area contributed by atoms with Gasteiger partial charge in [0.05, 0.1) is 21.2 Å². The Hall–Kier alpha value is -2.85. The summed E-state index contributed by atoms with van der Waals surface area (Å²) >= 11 is 11.3. The molecule has 2 aromatic carbocycles. The summed E-state index contributed by atoms with van der Waals surface area (Å²) in [7, 11) is 0. The van der Waals surface area contributed by atoms with Crippen LogP contribution in [-0.2, 0) is 15.7 Å². The maximum atomic E-state index is 13.0. The van der Waals surface area contributed by atoms with Crippen molar-refractivity contribution in [3.63, 3.8) is 0 Å². The Labute approximate surface area is 165 Å². The van der Waals surface area contributed by atoms with Crippen molar-refractivity contribution < 1.29 is 32.4 Å². The third-order valence-electron chi connectivity index (χ3n) is 3.29. The van der Waals surface area contributed by atoms with Crippen LogP contribution in [0.2, 0.25) is 10.0 Å². The molecule has 0 spiro atoms. The van der Waals surface area contributed by atoms with Gasteiger partial charge in [-0.3, -0.25) is 14.9 Å². The number of para-hydroxylation sites is 1. The van der Waals surface area contributed by atoms with Gasteiger partial charge in [0.2, 0.25) is 0 Å². The first-order chi connectivity index (χ1) is 13.0. The van der Waals surface area contributed by atoms with Crippen molar-refractivity contribution in [2.24, 2.45) is 0 Å². The van der Waals surface area contributed by atoms with Gasteiger partial charge in [0.15, 0.2) is 6.61 Å². The first-order valence-electron chi connectivity index (χ1n) is 7.27. The Bertz CT molecular complexity index is 950. The van der Waals surface area contributed by atoms with Crippen molar-refractivity contribution >= 4 is 46.5 Å².